The molecule has 164 valence electrons. The lowest BCUT2D eigenvalue weighted by Gasteiger charge is -2.25. The van der Waals surface area contributed by atoms with Crippen molar-refractivity contribution in [2.75, 3.05) is 20.1 Å². The molecule has 2 aromatic carbocycles. The Hall–Kier alpha value is -3.19. The van der Waals surface area contributed by atoms with E-state index in [0.29, 0.717) is 12.6 Å². The number of guanidine groups is 1. The van der Waals surface area contributed by atoms with Gasteiger partial charge in [0.05, 0.1) is 0 Å². The van der Waals surface area contributed by atoms with Crippen molar-refractivity contribution < 1.29 is 0 Å². The molecule has 0 fully saturated rings. The molecule has 1 atom stereocenters. The summed E-state index contributed by atoms with van der Waals surface area (Å²) >= 11 is 0. The summed E-state index contributed by atoms with van der Waals surface area (Å²) in [6, 6.07) is 21.1. The van der Waals surface area contributed by atoms with Crippen LogP contribution in [0.15, 0.2) is 72.0 Å². The summed E-state index contributed by atoms with van der Waals surface area (Å²) in [6.07, 6.45) is 2.75. The first-order valence-corrected chi connectivity index (χ1v) is 10.9. The number of aliphatic imine (C=N–C) groups is 1. The van der Waals surface area contributed by atoms with Crippen molar-refractivity contribution in [1.82, 2.24) is 30.3 Å². The number of para-hydroxylation sites is 1. The Morgan fingerprint density at radius 1 is 1.06 bits per heavy atom. The summed E-state index contributed by atoms with van der Waals surface area (Å²) in [5.74, 6) is 1.60. The van der Waals surface area contributed by atoms with Crippen molar-refractivity contribution in [1.29, 1.82) is 0 Å². The summed E-state index contributed by atoms with van der Waals surface area (Å²) in [5.41, 5.74) is 2.37. The number of nitrogens with one attached hydrogen (secondary N) is 2. The summed E-state index contributed by atoms with van der Waals surface area (Å²) in [6.45, 7) is 7.38. The van der Waals surface area contributed by atoms with Crippen LogP contribution in [0, 0.1) is 0 Å². The maximum atomic E-state index is 4.71. The van der Waals surface area contributed by atoms with Gasteiger partial charge in [-0.2, -0.15) is 0 Å². The van der Waals surface area contributed by atoms with Crippen LogP contribution in [0.4, 0.5) is 0 Å². The minimum Gasteiger partial charge on any atom is -0.357 e. The van der Waals surface area contributed by atoms with Gasteiger partial charge in [-0.25, -0.2) is 4.99 Å². The Morgan fingerprint density at radius 2 is 1.77 bits per heavy atom. The Balaban J connectivity index is 1.52. The molecule has 0 saturated carbocycles. The summed E-state index contributed by atoms with van der Waals surface area (Å²) in [5, 5.41) is 15.1. The average Bonchev–Trinajstić information content (AvgIpc) is 3.27. The normalized spacial score (nSPS) is 12.7. The topological polar surface area (TPSA) is 70.4 Å². The van der Waals surface area contributed by atoms with E-state index in [9.17, 15) is 0 Å². The van der Waals surface area contributed by atoms with Crippen LogP contribution in [-0.4, -0.2) is 51.8 Å². The fraction of sp³-hybridized carbons (Fsp3) is 0.375. The van der Waals surface area contributed by atoms with E-state index < -0.39 is 0 Å². The van der Waals surface area contributed by atoms with E-state index in [-0.39, 0.29) is 0 Å². The first-order valence-electron chi connectivity index (χ1n) is 10.9. The van der Waals surface area contributed by atoms with Crippen LogP contribution in [-0.2, 0) is 13.1 Å². The number of hydrogen-bond donors (Lipinski definition) is 2. The minimum atomic E-state index is 0.452. The third kappa shape index (κ3) is 6.93. The zero-order valence-corrected chi connectivity index (χ0v) is 18.7. The number of benzene rings is 2. The minimum absolute atomic E-state index is 0.452. The smallest absolute Gasteiger partial charge is 0.191 e. The molecule has 0 aliphatic carbocycles. The van der Waals surface area contributed by atoms with Gasteiger partial charge in [-0.3, -0.25) is 9.47 Å². The molecule has 0 spiro atoms. The number of rotatable bonds is 10. The van der Waals surface area contributed by atoms with Crippen LogP contribution in [0.3, 0.4) is 0 Å². The molecule has 31 heavy (non-hydrogen) atoms. The van der Waals surface area contributed by atoms with Crippen molar-refractivity contribution in [2.24, 2.45) is 4.99 Å². The van der Waals surface area contributed by atoms with Gasteiger partial charge in [-0.05, 0) is 45.0 Å². The van der Waals surface area contributed by atoms with E-state index in [1.54, 1.807) is 6.33 Å². The number of nitrogens with zero attached hydrogens (tertiary/aromatic N) is 5. The molecule has 1 aromatic heterocycles. The second-order valence-corrected chi connectivity index (χ2v) is 7.61. The van der Waals surface area contributed by atoms with Crippen LogP contribution >= 0.6 is 0 Å². The quantitative estimate of drug-likeness (QED) is 0.390. The van der Waals surface area contributed by atoms with Gasteiger partial charge in [0.15, 0.2) is 11.8 Å². The van der Waals surface area contributed by atoms with Crippen LogP contribution in [0.1, 0.15) is 31.7 Å². The second kappa shape index (κ2) is 11.9. The summed E-state index contributed by atoms with van der Waals surface area (Å²) in [7, 11) is 2.17. The molecule has 2 N–H and O–H groups in total. The molecule has 3 rings (SSSR count). The van der Waals surface area contributed by atoms with Gasteiger partial charge in [-0.1, -0.05) is 48.5 Å². The number of hydrogen-bond acceptors (Lipinski definition) is 4. The highest BCUT2D eigenvalue weighted by Gasteiger charge is 2.10. The van der Waals surface area contributed by atoms with Crippen molar-refractivity contribution in [2.45, 2.75) is 39.4 Å². The van der Waals surface area contributed by atoms with E-state index in [1.807, 2.05) is 34.9 Å². The third-order valence-electron chi connectivity index (χ3n) is 5.26. The predicted molar refractivity (Wildman–Crippen MR) is 126 cm³/mol. The van der Waals surface area contributed by atoms with Crippen LogP contribution < -0.4 is 10.6 Å². The Bertz CT molecular complexity index is 921. The van der Waals surface area contributed by atoms with Crippen LogP contribution in [0.2, 0.25) is 0 Å². The fourth-order valence-electron chi connectivity index (χ4n) is 3.31. The van der Waals surface area contributed by atoms with Crippen molar-refractivity contribution in [3.63, 3.8) is 0 Å². The Labute approximate surface area is 185 Å². The molecular formula is C24H33N7. The van der Waals surface area contributed by atoms with Crippen molar-refractivity contribution in [3.05, 3.63) is 78.4 Å². The molecule has 1 heterocycles. The molecule has 3 aromatic rings. The maximum absolute atomic E-state index is 4.71. The van der Waals surface area contributed by atoms with E-state index >= 15 is 0 Å². The lowest BCUT2D eigenvalue weighted by molar-refractivity contribution is 0.238. The Kier molecular flexibility index (Phi) is 8.60. The molecule has 0 radical (unpaired) electrons. The van der Waals surface area contributed by atoms with Crippen molar-refractivity contribution in [3.8, 4) is 5.69 Å². The highest BCUT2D eigenvalue weighted by atomic mass is 15.3. The van der Waals surface area contributed by atoms with Crippen LogP contribution in [0.25, 0.3) is 5.69 Å². The molecule has 0 aliphatic heterocycles. The fourth-order valence-corrected chi connectivity index (χ4v) is 3.31. The first kappa shape index (κ1) is 22.5. The number of aromatic nitrogens is 3. The van der Waals surface area contributed by atoms with E-state index in [1.165, 1.54) is 5.56 Å². The first-order chi connectivity index (χ1) is 15.2. The van der Waals surface area contributed by atoms with Crippen molar-refractivity contribution >= 4 is 5.96 Å². The lowest BCUT2D eigenvalue weighted by atomic mass is 10.1. The second-order valence-electron chi connectivity index (χ2n) is 7.61. The third-order valence-corrected chi connectivity index (χ3v) is 5.26. The van der Waals surface area contributed by atoms with E-state index in [2.05, 4.69) is 77.0 Å². The molecule has 7 heteroatoms. The largest absolute Gasteiger partial charge is 0.357 e. The van der Waals surface area contributed by atoms with Crippen LogP contribution in [0.5, 0.6) is 0 Å². The van der Waals surface area contributed by atoms with Gasteiger partial charge in [-0.15, -0.1) is 10.2 Å². The standard InChI is InChI=1S/C24H33N7/c1-4-25-24(26-16-15-20(2)30(3)18-21-11-7-5-8-12-21)27-17-23-29-28-19-31(23)22-13-9-6-10-14-22/h5-14,19-20H,4,15-18H2,1-3H3,(H2,25,26,27). The predicted octanol–water partition coefficient (Wildman–Crippen LogP) is 3.23. The van der Waals surface area contributed by atoms with Gasteiger partial charge >= 0.3 is 0 Å². The highest BCUT2D eigenvalue weighted by molar-refractivity contribution is 5.79. The molecule has 1 unspecified atom stereocenters. The SMILES string of the molecule is CCNC(=NCc1nncn1-c1ccccc1)NCCC(C)N(C)Cc1ccccc1. The lowest BCUT2D eigenvalue weighted by Crippen LogP contribution is -2.40. The molecule has 0 aliphatic rings. The molecule has 7 nitrogen and oxygen atoms in total. The summed E-state index contributed by atoms with van der Waals surface area (Å²) < 4.78 is 1.97. The molecule has 0 amide bonds. The van der Waals surface area contributed by atoms with Gasteiger partial charge in [0.2, 0.25) is 0 Å². The summed E-state index contributed by atoms with van der Waals surface area (Å²) in [4.78, 5) is 7.09. The molecular weight excluding hydrogens is 386 g/mol. The Morgan fingerprint density at radius 3 is 2.48 bits per heavy atom. The zero-order valence-electron chi connectivity index (χ0n) is 18.7. The van der Waals surface area contributed by atoms with Gasteiger partial charge < -0.3 is 10.6 Å². The monoisotopic (exact) mass is 419 g/mol. The van der Waals surface area contributed by atoms with E-state index in [0.717, 1.165) is 43.5 Å². The zero-order chi connectivity index (χ0) is 21.9. The highest BCUT2D eigenvalue weighted by Crippen LogP contribution is 2.10. The van der Waals surface area contributed by atoms with E-state index in [4.69, 9.17) is 4.99 Å². The van der Waals surface area contributed by atoms with Gasteiger partial charge in [0.1, 0.15) is 12.9 Å². The van der Waals surface area contributed by atoms with Gasteiger partial charge in [0, 0.05) is 31.4 Å². The maximum Gasteiger partial charge on any atom is 0.191 e. The van der Waals surface area contributed by atoms with Gasteiger partial charge in [0.25, 0.3) is 0 Å². The molecule has 0 saturated heterocycles. The average molecular weight is 420 g/mol. The molecule has 0 bridgehead atoms.